The van der Waals surface area contributed by atoms with Crippen molar-refractivity contribution >= 4 is 5.91 Å². The van der Waals surface area contributed by atoms with E-state index in [-0.39, 0.29) is 11.9 Å². The maximum Gasteiger partial charge on any atom is 0.244 e. The number of aromatic nitrogens is 2. The molecule has 0 radical (unpaired) electrons. The van der Waals surface area contributed by atoms with E-state index in [9.17, 15) is 4.79 Å². The zero-order valence-electron chi connectivity index (χ0n) is 12.9. The number of amides is 1. The minimum atomic E-state index is -0.584. The van der Waals surface area contributed by atoms with Gasteiger partial charge in [-0.25, -0.2) is 0 Å². The highest BCUT2D eigenvalue weighted by Gasteiger charge is 2.28. The molecule has 116 valence electrons. The van der Waals surface area contributed by atoms with Gasteiger partial charge in [0.05, 0.1) is 12.2 Å². The van der Waals surface area contributed by atoms with E-state index in [1.807, 2.05) is 59.2 Å². The first kappa shape index (κ1) is 14.8. The van der Waals surface area contributed by atoms with Crippen LogP contribution in [0, 0.1) is 6.92 Å². The molecular weight excluding hydrogens is 276 g/mol. The summed E-state index contributed by atoms with van der Waals surface area (Å²) < 4.78 is 1.98. The quantitative estimate of drug-likeness (QED) is 0.943. The fourth-order valence-corrected chi connectivity index (χ4v) is 3.00. The molecule has 1 aliphatic rings. The molecule has 22 heavy (non-hydrogen) atoms. The largest absolute Gasteiger partial charge is 0.339 e. The van der Waals surface area contributed by atoms with Gasteiger partial charge in [0.1, 0.15) is 6.04 Å². The van der Waals surface area contributed by atoms with Gasteiger partial charge in [0.25, 0.3) is 0 Å². The molecule has 5 nitrogen and oxygen atoms in total. The molecule has 2 heterocycles. The van der Waals surface area contributed by atoms with Gasteiger partial charge in [-0.1, -0.05) is 30.3 Å². The SMILES string of the molecule is Cc1cnn(C2CCCN(C(=O)C(N)c3ccccc3)C2)c1. The second kappa shape index (κ2) is 6.32. The van der Waals surface area contributed by atoms with E-state index in [4.69, 9.17) is 5.73 Å². The predicted molar refractivity (Wildman–Crippen MR) is 85.2 cm³/mol. The summed E-state index contributed by atoms with van der Waals surface area (Å²) in [5.41, 5.74) is 8.15. The molecule has 2 atom stereocenters. The molecule has 0 saturated carbocycles. The molecule has 1 aromatic carbocycles. The number of rotatable bonds is 3. The van der Waals surface area contributed by atoms with Crippen molar-refractivity contribution in [2.24, 2.45) is 5.73 Å². The molecular formula is C17H22N4O. The number of likely N-dealkylation sites (tertiary alicyclic amines) is 1. The Hall–Kier alpha value is -2.14. The van der Waals surface area contributed by atoms with Crippen molar-refractivity contribution in [2.75, 3.05) is 13.1 Å². The average Bonchev–Trinajstić information content (AvgIpc) is 3.01. The molecule has 0 bridgehead atoms. The predicted octanol–water partition coefficient (Wildman–Crippen LogP) is 2.06. The van der Waals surface area contributed by atoms with Gasteiger partial charge >= 0.3 is 0 Å². The van der Waals surface area contributed by atoms with Crippen molar-refractivity contribution in [3.8, 4) is 0 Å². The Bertz CT molecular complexity index is 637. The maximum atomic E-state index is 12.7. The minimum Gasteiger partial charge on any atom is -0.339 e. The summed E-state index contributed by atoms with van der Waals surface area (Å²) in [6, 6.07) is 9.22. The summed E-state index contributed by atoms with van der Waals surface area (Å²) in [7, 11) is 0. The van der Waals surface area contributed by atoms with Crippen molar-refractivity contribution < 1.29 is 4.79 Å². The smallest absolute Gasteiger partial charge is 0.244 e. The average molecular weight is 298 g/mol. The molecule has 1 amide bonds. The van der Waals surface area contributed by atoms with Crippen LogP contribution >= 0.6 is 0 Å². The van der Waals surface area contributed by atoms with Crippen LogP contribution in [0.1, 0.15) is 36.1 Å². The minimum absolute atomic E-state index is 0.000205. The molecule has 1 saturated heterocycles. The highest BCUT2D eigenvalue weighted by atomic mass is 16.2. The number of benzene rings is 1. The van der Waals surface area contributed by atoms with E-state index in [1.165, 1.54) is 0 Å². The lowest BCUT2D eigenvalue weighted by molar-refractivity contribution is -0.134. The molecule has 0 aliphatic carbocycles. The normalized spacial score (nSPS) is 19.9. The van der Waals surface area contributed by atoms with Crippen LogP contribution < -0.4 is 5.73 Å². The van der Waals surface area contributed by atoms with Gasteiger partial charge in [0, 0.05) is 19.3 Å². The van der Waals surface area contributed by atoms with Crippen molar-refractivity contribution in [3.63, 3.8) is 0 Å². The summed E-state index contributed by atoms with van der Waals surface area (Å²) in [4.78, 5) is 14.5. The van der Waals surface area contributed by atoms with Gasteiger partial charge in [-0.15, -0.1) is 0 Å². The van der Waals surface area contributed by atoms with E-state index in [0.29, 0.717) is 6.54 Å². The zero-order valence-corrected chi connectivity index (χ0v) is 12.9. The van der Waals surface area contributed by atoms with Gasteiger partial charge in [-0.3, -0.25) is 9.48 Å². The highest BCUT2D eigenvalue weighted by molar-refractivity contribution is 5.83. The Labute approximate surface area is 130 Å². The molecule has 2 unspecified atom stereocenters. The number of nitrogens with two attached hydrogens (primary N) is 1. The Kier molecular flexibility index (Phi) is 4.24. The summed E-state index contributed by atoms with van der Waals surface area (Å²) in [5, 5.41) is 4.38. The van der Waals surface area contributed by atoms with Crippen molar-refractivity contribution in [3.05, 3.63) is 53.9 Å². The topological polar surface area (TPSA) is 64.2 Å². The molecule has 1 fully saturated rings. The number of hydrogen-bond acceptors (Lipinski definition) is 3. The van der Waals surface area contributed by atoms with E-state index >= 15 is 0 Å². The van der Waals surface area contributed by atoms with Crippen LogP contribution in [0.2, 0.25) is 0 Å². The van der Waals surface area contributed by atoms with Crippen LogP contribution in [0.25, 0.3) is 0 Å². The van der Waals surface area contributed by atoms with Crippen LogP contribution in [-0.4, -0.2) is 33.7 Å². The third kappa shape index (κ3) is 3.04. The van der Waals surface area contributed by atoms with Crippen molar-refractivity contribution in [1.29, 1.82) is 0 Å². The number of piperidine rings is 1. The summed E-state index contributed by atoms with van der Waals surface area (Å²) in [5.74, 6) is -0.000205. The van der Waals surface area contributed by atoms with Crippen molar-refractivity contribution in [1.82, 2.24) is 14.7 Å². The Morgan fingerprint density at radius 3 is 2.82 bits per heavy atom. The second-order valence-electron chi connectivity index (χ2n) is 5.97. The van der Waals surface area contributed by atoms with E-state index < -0.39 is 6.04 Å². The number of hydrogen-bond donors (Lipinski definition) is 1. The van der Waals surface area contributed by atoms with E-state index in [0.717, 1.165) is 30.5 Å². The fourth-order valence-electron chi connectivity index (χ4n) is 3.00. The first-order valence-corrected chi connectivity index (χ1v) is 7.75. The molecule has 5 heteroatoms. The van der Waals surface area contributed by atoms with Gasteiger partial charge < -0.3 is 10.6 Å². The lowest BCUT2D eigenvalue weighted by atomic mass is 10.0. The van der Waals surface area contributed by atoms with E-state index in [2.05, 4.69) is 5.10 Å². The molecule has 2 N–H and O–H groups in total. The standard InChI is InChI=1S/C17H22N4O/c1-13-10-19-21(11-13)15-8-5-9-20(12-15)17(22)16(18)14-6-3-2-4-7-14/h2-4,6-7,10-11,15-16H,5,8-9,12,18H2,1H3. The summed E-state index contributed by atoms with van der Waals surface area (Å²) in [6.07, 6.45) is 5.93. The highest BCUT2D eigenvalue weighted by Crippen LogP contribution is 2.23. The van der Waals surface area contributed by atoms with Gasteiger partial charge in [0.2, 0.25) is 5.91 Å². The molecule has 1 aromatic heterocycles. The molecule has 1 aliphatic heterocycles. The van der Waals surface area contributed by atoms with Gasteiger partial charge in [-0.2, -0.15) is 5.10 Å². The summed E-state index contributed by atoms with van der Waals surface area (Å²) >= 11 is 0. The Balaban J connectivity index is 1.70. The van der Waals surface area contributed by atoms with Crippen LogP contribution in [0.4, 0.5) is 0 Å². The van der Waals surface area contributed by atoms with Crippen LogP contribution in [0.15, 0.2) is 42.7 Å². The fraction of sp³-hybridized carbons (Fsp3) is 0.412. The number of carbonyl (C=O) groups excluding carboxylic acids is 1. The van der Waals surface area contributed by atoms with Crippen LogP contribution in [0.3, 0.4) is 0 Å². The molecule has 2 aromatic rings. The third-order valence-corrected chi connectivity index (χ3v) is 4.24. The maximum absolute atomic E-state index is 12.7. The number of aryl methyl sites for hydroxylation is 1. The summed E-state index contributed by atoms with van der Waals surface area (Å²) in [6.45, 7) is 3.48. The lowest BCUT2D eigenvalue weighted by Crippen LogP contribution is -2.45. The Morgan fingerprint density at radius 2 is 2.14 bits per heavy atom. The van der Waals surface area contributed by atoms with Crippen molar-refractivity contribution in [2.45, 2.75) is 31.8 Å². The van der Waals surface area contributed by atoms with Gasteiger partial charge in [-0.05, 0) is 30.9 Å². The first-order valence-electron chi connectivity index (χ1n) is 7.75. The van der Waals surface area contributed by atoms with Crippen LogP contribution in [0.5, 0.6) is 0 Å². The zero-order chi connectivity index (χ0) is 15.5. The number of carbonyl (C=O) groups is 1. The van der Waals surface area contributed by atoms with Crippen LogP contribution in [-0.2, 0) is 4.79 Å². The van der Waals surface area contributed by atoms with Gasteiger partial charge in [0.15, 0.2) is 0 Å². The molecule has 0 spiro atoms. The van der Waals surface area contributed by atoms with E-state index in [1.54, 1.807) is 0 Å². The lowest BCUT2D eigenvalue weighted by Gasteiger charge is -2.34. The third-order valence-electron chi connectivity index (χ3n) is 4.24. The second-order valence-corrected chi connectivity index (χ2v) is 5.97. The number of nitrogens with zero attached hydrogens (tertiary/aromatic N) is 3. The first-order chi connectivity index (χ1) is 10.6. The molecule has 3 rings (SSSR count). The Morgan fingerprint density at radius 1 is 1.36 bits per heavy atom. The monoisotopic (exact) mass is 298 g/mol.